The van der Waals surface area contributed by atoms with Crippen LogP contribution in [0.4, 0.5) is 4.39 Å². The Balaban J connectivity index is 2.82. The van der Waals surface area contributed by atoms with Crippen molar-refractivity contribution in [3.05, 3.63) is 29.8 Å². The van der Waals surface area contributed by atoms with Crippen LogP contribution in [0.1, 0.15) is 16.8 Å². The number of carbonyl (C=O) groups excluding carboxylic acids is 1. The van der Waals surface area contributed by atoms with Crippen molar-refractivity contribution in [1.29, 1.82) is 0 Å². The summed E-state index contributed by atoms with van der Waals surface area (Å²) in [7, 11) is 0. The summed E-state index contributed by atoms with van der Waals surface area (Å²) in [4.78, 5) is 35.8. The van der Waals surface area contributed by atoms with Gasteiger partial charge in [0.25, 0.3) is 5.91 Å². The van der Waals surface area contributed by atoms with Gasteiger partial charge in [-0.05, 0) is 12.1 Å². The number of amides is 1. The van der Waals surface area contributed by atoms with E-state index in [1.54, 1.807) is 0 Å². The number of pyridine rings is 1. The van der Waals surface area contributed by atoms with E-state index in [4.69, 9.17) is 10.2 Å². The van der Waals surface area contributed by atoms with Crippen LogP contribution in [0.5, 0.6) is 0 Å². The predicted molar refractivity (Wildman–Crippen MR) is 55.3 cm³/mol. The SMILES string of the molecule is O=C(O)CC(NC(=O)c1cccnc1F)C(=O)O. The largest absolute Gasteiger partial charge is 0.481 e. The molecule has 3 N–H and O–H groups in total. The van der Waals surface area contributed by atoms with Crippen LogP contribution in [0.25, 0.3) is 0 Å². The highest BCUT2D eigenvalue weighted by Gasteiger charge is 2.24. The number of carbonyl (C=O) groups is 3. The summed E-state index contributed by atoms with van der Waals surface area (Å²) in [6.45, 7) is 0. The molecule has 1 rings (SSSR count). The maximum absolute atomic E-state index is 13.1. The minimum atomic E-state index is -1.63. The lowest BCUT2D eigenvalue weighted by atomic mass is 10.2. The van der Waals surface area contributed by atoms with Gasteiger partial charge in [-0.15, -0.1) is 0 Å². The van der Waals surface area contributed by atoms with Crippen LogP contribution in [-0.4, -0.2) is 39.1 Å². The number of aromatic nitrogens is 1. The fourth-order valence-corrected chi connectivity index (χ4v) is 1.17. The molecule has 1 unspecified atom stereocenters. The second-order valence-corrected chi connectivity index (χ2v) is 3.30. The number of nitrogens with zero attached hydrogens (tertiary/aromatic N) is 1. The van der Waals surface area contributed by atoms with E-state index in [0.717, 1.165) is 12.3 Å². The zero-order valence-corrected chi connectivity index (χ0v) is 8.96. The third-order valence-corrected chi connectivity index (χ3v) is 1.99. The van der Waals surface area contributed by atoms with E-state index in [1.165, 1.54) is 6.07 Å². The molecular formula is C10H9FN2O5. The highest BCUT2D eigenvalue weighted by Crippen LogP contribution is 2.04. The molecule has 1 atom stereocenters. The topological polar surface area (TPSA) is 117 Å². The Hall–Kier alpha value is -2.51. The second-order valence-electron chi connectivity index (χ2n) is 3.30. The Morgan fingerprint density at radius 3 is 2.56 bits per heavy atom. The van der Waals surface area contributed by atoms with E-state index in [0.29, 0.717) is 0 Å². The Morgan fingerprint density at radius 2 is 2.06 bits per heavy atom. The molecule has 1 amide bonds. The first-order valence-electron chi connectivity index (χ1n) is 4.77. The molecule has 1 aromatic heterocycles. The summed E-state index contributed by atoms with van der Waals surface area (Å²) >= 11 is 0. The van der Waals surface area contributed by atoms with Gasteiger partial charge in [-0.25, -0.2) is 9.78 Å². The van der Waals surface area contributed by atoms with Gasteiger partial charge in [0.05, 0.1) is 12.0 Å². The van der Waals surface area contributed by atoms with E-state index >= 15 is 0 Å². The zero-order valence-electron chi connectivity index (χ0n) is 8.96. The number of nitrogens with one attached hydrogen (secondary N) is 1. The van der Waals surface area contributed by atoms with Gasteiger partial charge in [-0.1, -0.05) is 0 Å². The van der Waals surface area contributed by atoms with Crippen molar-refractivity contribution in [2.75, 3.05) is 0 Å². The molecule has 96 valence electrons. The Kier molecular flexibility index (Phi) is 4.30. The fourth-order valence-electron chi connectivity index (χ4n) is 1.17. The predicted octanol–water partition coefficient (Wildman–Crippen LogP) is -0.122. The third-order valence-electron chi connectivity index (χ3n) is 1.99. The molecule has 0 aromatic carbocycles. The van der Waals surface area contributed by atoms with Gasteiger partial charge in [0.1, 0.15) is 6.04 Å². The van der Waals surface area contributed by atoms with E-state index in [2.05, 4.69) is 4.98 Å². The lowest BCUT2D eigenvalue weighted by Crippen LogP contribution is -2.42. The molecule has 0 fully saturated rings. The lowest BCUT2D eigenvalue weighted by molar-refractivity contribution is -0.145. The van der Waals surface area contributed by atoms with E-state index in [9.17, 15) is 18.8 Å². The molecule has 0 bridgehead atoms. The zero-order chi connectivity index (χ0) is 13.7. The quantitative estimate of drug-likeness (QED) is 0.632. The molecule has 0 radical (unpaired) electrons. The average Bonchev–Trinajstić information content (AvgIpc) is 2.27. The molecule has 1 aromatic rings. The molecule has 0 aliphatic carbocycles. The first-order valence-corrected chi connectivity index (χ1v) is 4.77. The van der Waals surface area contributed by atoms with Crippen LogP contribution >= 0.6 is 0 Å². The van der Waals surface area contributed by atoms with Gasteiger partial charge >= 0.3 is 11.9 Å². The first kappa shape index (κ1) is 13.6. The minimum absolute atomic E-state index is 0.450. The summed E-state index contributed by atoms with van der Waals surface area (Å²) in [6, 6.07) is 0.775. The maximum Gasteiger partial charge on any atom is 0.326 e. The second kappa shape index (κ2) is 5.71. The normalized spacial score (nSPS) is 11.6. The van der Waals surface area contributed by atoms with Crippen molar-refractivity contribution >= 4 is 17.8 Å². The monoisotopic (exact) mass is 256 g/mol. The average molecular weight is 256 g/mol. The van der Waals surface area contributed by atoms with Gasteiger partial charge in [-0.3, -0.25) is 9.59 Å². The van der Waals surface area contributed by atoms with Crippen molar-refractivity contribution in [3.8, 4) is 0 Å². The summed E-state index contributed by atoms with van der Waals surface area (Å²) < 4.78 is 13.1. The number of hydrogen-bond donors (Lipinski definition) is 3. The van der Waals surface area contributed by atoms with E-state index in [-0.39, 0.29) is 0 Å². The first-order chi connectivity index (χ1) is 8.41. The summed E-state index contributed by atoms with van der Waals surface area (Å²) in [5.74, 6) is -5.01. The molecule has 0 saturated carbocycles. The summed E-state index contributed by atoms with van der Waals surface area (Å²) in [6.07, 6.45) is 0.320. The fraction of sp³-hybridized carbons (Fsp3) is 0.200. The molecule has 1 heterocycles. The number of carboxylic acid groups (broad SMARTS) is 2. The smallest absolute Gasteiger partial charge is 0.326 e. The van der Waals surface area contributed by atoms with Crippen LogP contribution in [-0.2, 0) is 9.59 Å². The van der Waals surface area contributed by atoms with Crippen LogP contribution in [0.2, 0.25) is 0 Å². The van der Waals surface area contributed by atoms with Crippen LogP contribution < -0.4 is 5.32 Å². The molecule has 0 aliphatic heterocycles. The van der Waals surface area contributed by atoms with Crippen LogP contribution in [0, 0.1) is 5.95 Å². The van der Waals surface area contributed by atoms with Crippen molar-refractivity contribution in [2.24, 2.45) is 0 Å². The molecule has 7 nitrogen and oxygen atoms in total. The van der Waals surface area contributed by atoms with Gasteiger partial charge in [-0.2, -0.15) is 4.39 Å². The van der Waals surface area contributed by atoms with Crippen molar-refractivity contribution in [3.63, 3.8) is 0 Å². The molecule has 8 heteroatoms. The van der Waals surface area contributed by atoms with Crippen molar-refractivity contribution < 1.29 is 29.0 Å². The number of halogens is 1. The van der Waals surface area contributed by atoms with Crippen molar-refractivity contribution in [1.82, 2.24) is 10.3 Å². The Morgan fingerprint density at radius 1 is 1.39 bits per heavy atom. The number of carboxylic acids is 2. The van der Waals surface area contributed by atoms with E-state index < -0.39 is 41.8 Å². The van der Waals surface area contributed by atoms with Gasteiger partial charge in [0.2, 0.25) is 5.95 Å². The van der Waals surface area contributed by atoms with Crippen LogP contribution in [0.3, 0.4) is 0 Å². The number of rotatable bonds is 5. The highest BCUT2D eigenvalue weighted by atomic mass is 19.1. The van der Waals surface area contributed by atoms with Gasteiger partial charge < -0.3 is 15.5 Å². The Labute approximate surface area is 100 Å². The maximum atomic E-state index is 13.1. The summed E-state index contributed by atoms with van der Waals surface area (Å²) in [5, 5.41) is 19.1. The summed E-state index contributed by atoms with van der Waals surface area (Å²) in [5.41, 5.74) is -0.450. The van der Waals surface area contributed by atoms with Gasteiger partial charge in [0.15, 0.2) is 0 Å². The molecule has 18 heavy (non-hydrogen) atoms. The molecule has 0 saturated heterocycles. The number of hydrogen-bond acceptors (Lipinski definition) is 4. The molecular weight excluding hydrogens is 247 g/mol. The molecule has 0 spiro atoms. The van der Waals surface area contributed by atoms with E-state index in [1.807, 2.05) is 5.32 Å². The third kappa shape index (κ3) is 3.51. The minimum Gasteiger partial charge on any atom is -0.481 e. The van der Waals surface area contributed by atoms with Gasteiger partial charge in [0, 0.05) is 6.20 Å². The van der Waals surface area contributed by atoms with Crippen molar-refractivity contribution in [2.45, 2.75) is 12.5 Å². The Bertz CT molecular complexity index is 491. The standard InChI is InChI=1S/C10H9FN2O5/c11-8-5(2-1-3-12-8)9(16)13-6(10(17)18)4-7(14)15/h1-3,6H,4H2,(H,13,16)(H,14,15)(H,17,18). The van der Waals surface area contributed by atoms with Crippen LogP contribution in [0.15, 0.2) is 18.3 Å². The lowest BCUT2D eigenvalue weighted by Gasteiger charge is -2.12. The highest BCUT2D eigenvalue weighted by molar-refractivity contribution is 5.97. The molecule has 0 aliphatic rings. The number of aliphatic carboxylic acids is 2.